The van der Waals surface area contributed by atoms with Gasteiger partial charge in [-0.05, 0) is 30.3 Å². The molecule has 0 radical (unpaired) electrons. The summed E-state index contributed by atoms with van der Waals surface area (Å²) in [5, 5.41) is 21.2. The Labute approximate surface area is 181 Å². The second-order valence-corrected chi connectivity index (χ2v) is 7.46. The van der Waals surface area contributed by atoms with Crippen molar-refractivity contribution in [3.8, 4) is 6.07 Å². The number of nitrogens with one attached hydrogen (secondary N) is 2. The molecule has 0 spiro atoms. The lowest BCUT2D eigenvalue weighted by Crippen LogP contribution is -2.01. The van der Waals surface area contributed by atoms with Crippen LogP contribution in [0.25, 0.3) is 10.9 Å². The summed E-state index contributed by atoms with van der Waals surface area (Å²) in [6.45, 7) is 0.553. The molecule has 2 aromatic heterocycles. The van der Waals surface area contributed by atoms with Crippen LogP contribution in [0.1, 0.15) is 11.1 Å². The van der Waals surface area contributed by atoms with Crippen molar-refractivity contribution >= 4 is 51.2 Å². The maximum absolute atomic E-state index is 13.5. The van der Waals surface area contributed by atoms with E-state index in [0.717, 1.165) is 11.3 Å². The molecule has 0 atom stereocenters. The summed E-state index contributed by atoms with van der Waals surface area (Å²) in [6, 6.07) is 10.0. The maximum Gasteiger partial charge on any atom is 0.141 e. The summed E-state index contributed by atoms with van der Waals surface area (Å²) in [4.78, 5) is 4.33. The first-order chi connectivity index (χ1) is 14.4. The van der Waals surface area contributed by atoms with Gasteiger partial charge in [0, 0.05) is 48.3 Å². The summed E-state index contributed by atoms with van der Waals surface area (Å²) >= 11 is 12.4. The minimum absolute atomic E-state index is 0.0197. The average molecular weight is 441 g/mol. The van der Waals surface area contributed by atoms with Gasteiger partial charge in [0.2, 0.25) is 0 Å². The van der Waals surface area contributed by atoms with E-state index in [9.17, 15) is 9.65 Å². The lowest BCUT2D eigenvalue weighted by molar-refractivity contribution is 0.628. The minimum atomic E-state index is -0.521. The third-order valence-electron chi connectivity index (χ3n) is 4.49. The highest BCUT2D eigenvalue weighted by Gasteiger charge is 2.14. The molecule has 2 aromatic carbocycles. The lowest BCUT2D eigenvalue weighted by atomic mass is 10.1. The molecule has 2 N–H and O–H groups in total. The van der Waals surface area contributed by atoms with Crippen molar-refractivity contribution in [3.05, 3.63) is 75.9 Å². The smallest absolute Gasteiger partial charge is 0.141 e. The van der Waals surface area contributed by atoms with Crippen molar-refractivity contribution in [1.29, 1.82) is 5.26 Å². The van der Waals surface area contributed by atoms with E-state index < -0.39 is 5.82 Å². The number of hydrogen-bond donors (Lipinski definition) is 2. The fraction of sp³-hybridized carbons (Fsp3) is 0.0952. The Morgan fingerprint density at radius 3 is 2.63 bits per heavy atom. The Morgan fingerprint density at radius 1 is 1.13 bits per heavy atom. The minimum Gasteiger partial charge on any atom is -0.381 e. The fourth-order valence-corrected chi connectivity index (χ4v) is 3.52. The number of anilines is 3. The van der Waals surface area contributed by atoms with Crippen LogP contribution in [0, 0.1) is 17.1 Å². The molecule has 150 valence electrons. The molecule has 9 heteroatoms. The van der Waals surface area contributed by atoms with Crippen molar-refractivity contribution < 1.29 is 4.39 Å². The molecule has 6 nitrogen and oxygen atoms in total. The molecule has 0 amide bonds. The Hall–Kier alpha value is -3.34. The maximum atomic E-state index is 13.5. The first kappa shape index (κ1) is 20.0. The quantitative estimate of drug-likeness (QED) is 0.419. The normalized spacial score (nSPS) is 10.8. The van der Waals surface area contributed by atoms with Gasteiger partial charge >= 0.3 is 0 Å². The molecule has 0 fully saturated rings. The molecule has 0 bridgehead atoms. The van der Waals surface area contributed by atoms with Crippen LogP contribution in [0.4, 0.5) is 21.5 Å². The van der Waals surface area contributed by atoms with Crippen LogP contribution in [0.5, 0.6) is 0 Å². The zero-order valence-corrected chi connectivity index (χ0v) is 17.3. The number of pyridine rings is 1. The molecule has 0 saturated carbocycles. The van der Waals surface area contributed by atoms with Crippen LogP contribution in [0.2, 0.25) is 10.0 Å². The number of aromatic nitrogens is 3. The topological polar surface area (TPSA) is 78.6 Å². The van der Waals surface area contributed by atoms with Crippen molar-refractivity contribution in [2.75, 3.05) is 10.6 Å². The van der Waals surface area contributed by atoms with Gasteiger partial charge < -0.3 is 10.6 Å². The summed E-state index contributed by atoms with van der Waals surface area (Å²) in [6.07, 6.45) is 5.14. The third-order valence-corrected chi connectivity index (χ3v) is 5.07. The van der Waals surface area contributed by atoms with Crippen LogP contribution >= 0.6 is 23.2 Å². The van der Waals surface area contributed by atoms with Crippen molar-refractivity contribution in [1.82, 2.24) is 14.8 Å². The number of halogens is 3. The number of fused-ring (bicyclic) bond motifs is 1. The number of hydrogen-bond acceptors (Lipinski definition) is 5. The van der Waals surface area contributed by atoms with Crippen molar-refractivity contribution in [2.24, 2.45) is 7.05 Å². The van der Waals surface area contributed by atoms with Gasteiger partial charge in [-0.2, -0.15) is 10.4 Å². The predicted molar refractivity (Wildman–Crippen MR) is 117 cm³/mol. The van der Waals surface area contributed by atoms with Crippen molar-refractivity contribution in [2.45, 2.75) is 6.54 Å². The number of nitriles is 1. The van der Waals surface area contributed by atoms with Crippen LogP contribution < -0.4 is 10.6 Å². The molecule has 0 saturated heterocycles. The molecule has 4 rings (SSSR count). The van der Waals surface area contributed by atoms with Gasteiger partial charge in [0.05, 0.1) is 33.0 Å². The zero-order chi connectivity index (χ0) is 21.3. The van der Waals surface area contributed by atoms with Gasteiger partial charge in [-0.15, -0.1) is 0 Å². The molecule has 30 heavy (non-hydrogen) atoms. The number of aryl methyl sites for hydroxylation is 1. The van der Waals surface area contributed by atoms with Crippen LogP contribution in [0.15, 0.2) is 48.9 Å². The highest BCUT2D eigenvalue weighted by atomic mass is 35.5. The summed E-state index contributed by atoms with van der Waals surface area (Å²) < 4.78 is 15.2. The third kappa shape index (κ3) is 4.01. The van der Waals surface area contributed by atoms with E-state index in [2.05, 4.69) is 26.8 Å². The lowest BCUT2D eigenvalue weighted by Gasteiger charge is -2.14. The summed E-state index contributed by atoms with van der Waals surface area (Å²) in [7, 11) is 1.85. The van der Waals surface area contributed by atoms with Gasteiger partial charge in [-0.25, -0.2) is 4.39 Å². The van der Waals surface area contributed by atoms with Gasteiger partial charge in [0.15, 0.2) is 0 Å². The standard InChI is InChI=1S/C21H15Cl2FN6/c1-30-11-12(9-28-30)8-26-15-4-16-20(29-14-2-3-19(24)17(22)5-14)13(7-25)10-27-21(16)18(23)6-15/h2-6,9-11,26H,8H2,1H3,(H,27,29). The summed E-state index contributed by atoms with van der Waals surface area (Å²) in [5.41, 5.74) is 3.68. The van der Waals surface area contributed by atoms with E-state index in [1.165, 1.54) is 18.3 Å². The molecule has 0 aliphatic heterocycles. The summed E-state index contributed by atoms with van der Waals surface area (Å²) in [5.74, 6) is -0.521. The average Bonchev–Trinajstić information content (AvgIpc) is 3.15. The van der Waals surface area contributed by atoms with E-state index in [1.807, 2.05) is 19.3 Å². The molecular weight excluding hydrogens is 426 g/mol. The molecule has 0 aliphatic rings. The molecular formula is C21H15Cl2FN6. The molecule has 4 aromatic rings. The number of rotatable bonds is 5. The first-order valence-electron chi connectivity index (χ1n) is 8.90. The highest BCUT2D eigenvalue weighted by Crippen LogP contribution is 2.35. The first-order valence-corrected chi connectivity index (χ1v) is 9.66. The zero-order valence-electron chi connectivity index (χ0n) is 15.7. The van der Waals surface area contributed by atoms with Gasteiger partial charge in [-0.1, -0.05) is 23.2 Å². The number of benzene rings is 2. The Balaban J connectivity index is 1.75. The Morgan fingerprint density at radius 2 is 1.93 bits per heavy atom. The van der Waals surface area contributed by atoms with Crippen molar-refractivity contribution in [3.63, 3.8) is 0 Å². The largest absolute Gasteiger partial charge is 0.381 e. The van der Waals surface area contributed by atoms with Crippen LogP contribution in [-0.4, -0.2) is 14.8 Å². The molecule has 0 aliphatic carbocycles. The van der Waals surface area contributed by atoms with E-state index in [0.29, 0.717) is 39.4 Å². The Bertz CT molecular complexity index is 1290. The molecule has 0 unspecified atom stereocenters. The van der Waals surface area contributed by atoms with Gasteiger partial charge in [-0.3, -0.25) is 9.67 Å². The fourth-order valence-electron chi connectivity index (χ4n) is 3.07. The van der Waals surface area contributed by atoms with E-state index in [1.54, 1.807) is 23.0 Å². The van der Waals surface area contributed by atoms with Crippen LogP contribution in [-0.2, 0) is 13.6 Å². The van der Waals surface area contributed by atoms with Gasteiger partial charge in [0.25, 0.3) is 0 Å². The van der Waals surface area contributed by atoms with E-state index in [-0.39, 0.29) is 5.02 Å². The monoisotopic (exact) mass is 440 g/mol. The van der Waals surface area contributed by atoms with E-state index >= 15 is 0 Å². The number of nitrogens with zero attached hydrogens (tertiary/aromatic N) is 4. The highest BCUT2D eigenvalue weighted by molar-refractivity contribution is 6.36. The second kappa shape index (κ2) is 8.19. The van der Waals surface area contributed by atoms with Gasteiger partial charge in [0.1, 0.15) is 11.9 Å². The molecule has 2 heterocycles. The Kier molecular flexibility index (Phi) is 5.44. The van der Waals surface area contributed by atoms with E-state index in [4.69, 9.17) is 23.2 Å². The second-order valence-electron chi connectivity index (χ2n) is 6.64. The predicted octanol–water partition coefficient (Wildman–Crippen LogP) is 5.64. The SMILES string of the molecule is Cn1cc(CNc2cc(Cl)c3ncc(C#N)c(Nc4ccc(F)c(Cl)c4)c3c2)cn1. The van der Waals surface area contributed by atoms with Crippen LogP contribution in [0.3, 0.4) is 0 Å².